The molecule has 0 aromatic heterocycles. The van der Waals surface area contributed by atoms with E-state index >= 15 is 0 Å². The number of amides is 1. The van der Waals surface area contributed by atoms with Crippen molar-refractivity contribution in [1.82, 2.24) is 5.32 Å². The molecule has 2 atom stereocenters. The van der Waals surface area contributed by atoms with Crippen LogP contribution in [0.2, 0.25) is 0 Å². The van der Waals surface area contributed by atoms with Crippen LogP contribution in [-0.2, 0) is 11.2 Å². The Kier molecular flexibility index (Phi) is 6.25. The molecule has 0 spiro atoms. The van der Waals surface area contributed by atoms with E-state index in [0.717, 1.165) is 5.56 Å². The highest BCUT2D eigenvalue weighted by atomic mass is 32.2. The molecule has 2 aliphatic rings. The molecule has 1 amide bonds. The first kappa shape index (κ1) is 20.3. The molecule has 2 aromatic carbocycles. The Labute approximate surface area is 183 Å². The van der Waals surface area contributed by atoms with Crippen molar-refractivity contribution < 1.29 is 13.9 Å². The fraction of sp³-hybridized carbons (Fsp3) is 0.136. The molecule has 0 fully saturated rings. The minimum atomic E-state index is -0.533. The summed E-state index contributed by atoms with van der Waals surface area (Å²) in [4.78, 5) is 16.5. The number of benzene rings is 2. The summed E-state index contributed by atoms with van der Waals surface area (Å²) in [5.41, 5.74) is 1.30. The van der Waals surface area contributed by atoms with E-state index < -0.39 is 5.82 Å². The second-order valence-corrected chi connectivity index (χ2v) is 8.12. The second kappa shape index (κ2) is 9.23. The highest BCUT2D eigenvalue weighted by Gasteiger charge is 2.30. The van der Waals surface area contributed by atoms with Gasteiger partial charge < -0.3 is 15.4 Å². The van der Waals surface area contributed by atoms with Crippen LogP contribution in [0.3, 0.4) is 0 Å². The molecule has 2 unspecified atom stereocenters. The number of ether oxygens (including phenoxy) is 1. The first-order chi connectivity index (χ1) is 14.6. The standard InChI is InChI=1S/C22H18FN3O2S2/c23-16-13-15(25-22(29)26-20(27)12-14-4-2-1-3-5-14)6-7-18(16)28-19-8-10-24-17-9-11-30-21(17)19/h1-11,13,17,21H,12H2,(H2,25,26,27,29). The third kappa shape index (κ3) is 4.95. The number of hydrogen-bond acceptors (Lipinski definition) is 5. The summed E-state index contributed by atoms with van der Waals surface area (Å²) in [7, 11) is 0. The van der Waals surface area contributed by atoms with Crippen molar-refractivity contribution in [3.05, 3.63) is 83.2 Å². The summed E-state index contributed by atoms with van der Waals surface area (Å²) in [6.45, 7) is 0. The smallest absolute Gasteiger partial charge is 0.230 e. The molecule has 0 radical (unpaired) electrons. The minimum Gasteiger partial charge on any atom is -0.457 e. The monoisotopic (exact) mass is 439 g/mol. The lowest BCUT2D eigenvalue weighted by Gasteiger charge is -2.22. The molecule has 4 rings (SSSR count). The predicted molar refractivity (Wildman–Crippen MR) is 122 cm³/mol. The number of nitrogens with zero attached hydrogens (tertiary/aromatic N) is 1. The van der Waals surface area contributed by atoms with Gasteiger partial charge in [-0.2, -0.15) is 0 Å². The summed E-state index contributed by atoms with van der Waals surface area (Å²) in [5.74, 6) is -0.00253. The third-order valence-corrected chi connectivity index (χ3v) is 5.79. The van der Waals surface area contributed by atoms with E-state index in [4.69, 9.17) is 17.0 Å². The lowest BCUT2D eigenvalue weighted by Crippen LogP contribution is -2.35. The van der Waals surface area contributed by atoms with Crippen molar-refractivity contribution in [2.75, 3.05) is 5.32 Å². The maximum atomic E-state index is 14.6. The van der Waals surface area contributed by atoms with Crippen molar-refractivity contribution in [3.63, 3.8) is 0 Å². The van der Waals surface area contributed by atoms with Crippen LogP contribution in [0.5, 0.6) is 5.75 Å². The zero-order valence-electron chi connectivity index (χ0n) is 15.7. The predicted octanol–water partition coefficient (Wildman–Crippen LogP) is 4.23. The Bertz CT molecular complexity index is 1050. The summed E-state index contributed by atoms with van der Waals surface area (Å²) >= 11 is 6.75. The fourth-order valence-corrected chi connectivity index (χ4v) is 4.30. The number of fused-ring (bicyclic) bond motifs is 1. The minimum absolute atomic E-state index is 0.0240. The average Bonchev–Trinajstić information content (AvgIpc) is 3.20. The van der Waals surface area contributed by atoms with E-state index in [1.165, 1.54) is 12.1 Å². The fourth-order valence-electron chi connectivity index (χ4n) is 3.06. The molecule has 2 heterocycles. The number of aliphatic imine (C=N–C) groups is 1. The summed E-state index contributed by atoms with van der Waals surface area (Å²) < 4.78 is 20.4. The Morgan fingerprint density at radius 1 is 1.23 bits per heavy atom. The van der Waals surface area contributed by atoms with Gasteiger partial charge in [0.25, 0.3) is 0 Å². The van der Waals surface area contributed by atoms with Crippen LogP contribution in [0.25, 0.3) is 0 Å². The number of rotatable bonds is 5. The van der Waals surface area contributed by atoms with Crippen LogP contribution in [0.15, 0.2) is 76.8 Å². The van der Waals surface area contributed by atoms with E-state index in [0.29, 0.717) is 11.4 Å². The van der Waals surface area contributed by atoms with Gasteiger partial charge in [-0.05, 0) is 41.4 Å². The molecule has 2 aromatic rings. The van der Waals surface area contributed by atoms with Crippen LogP contribution >= 0.6 is 24.0 Å². The molecular weight excluding hydrogens is 421 g/mol. The van der Waals surface area contributed by atoms with E-state index in [1.54, 1.807) is 30.1 Å². The number of carbonyl (C=O) groups is 1. The number of carbonyl (C=O) groups excluding carboxylic acids is 1. The van der Waals surface area contributed by atoms with Crippen molar-refractivity contribution in [2.45, 2.75) is 17.7 Å². The largest absolute Gasteiger partial charge is 0.457 e. The van der Waals surface area contributed by atoms with Gasteiger partial charge in [0.15, 0.2) is 16.7 Å². The molecule has 0 saturated heterocycles. The van der Waals surface area contributed by atoms with Gasteiger partial charge in [-0.25, -0.2) is 4.39 Å². The zero-order chi connectivity index (χ0) is 20.9. The molecule has 0 bridgehead atoms. The van der Waals surface area contributed by atoms with Gasteiger partial charge in [-0.15, -0.1) is 11.8 Å². The summed E-state index contributed by atoms with van der Waals surface area (Å²) in [6.07, 6.45) is 5.64. The first-order valence-electron chi connectivity index (χ1n) is 9.26. The van der Waals surface area contributed by atoms with Gasteiger partial charge in [0, 0.05) is 18.0 Å². The van der Waals surface area contributed by atoms with Gasteiger partial charge >= 0.3 is 0 Å². The number of nitrogens with one attached hydrogen (secondary N) is 2. The third-order valence-electron chi connectivity index (χ3n) is 4.47. The number of dihydropyridines is 1. The van der Waals surface area contributed by atoms with Crippen molar-refractivity contribution >= 4 is 46.9 Å². The molecule has 5 nitrogen and oxygen atoms in total. The molecule has 2 aliphatic heterocycles. The molecular formula is C22H18FN3O2S2. The van der Waals surface area contributed by atoms with Crippen LogP contribution in [0.4, 0.5) is 10.1 Å². The van der Waals surface area contributed by atoms with E-state index in [9.17, 15) is 9.18 Å². The average molecular weight is 440 g/mol. The van der Waals surface area contributed by atoms with Crippen LogP contribution in [0, 0.1) is 5.82 Å². The first-order valence-corrected chi connectivity index (χ1v) is 10.6. The van der Waals surface area contributed by atoms with Gasteiger partial charge in [0.05, 0.1) is 17.7 Å². The number of halogens is 1. The number of anilines is 1. The summed E-state index contributed by atoms with van der Waals surface area (Å²) in [6, 6.07) is 13.8. The lowest BCUT2D eigenvalue weighted by atomic mass is 10.1. The number of thioether (sulfide) groups is 1. The maximum absolute atomic E-state index is 14.6. The quantitative estimate of drug-likeness (QED) is 0.683. The summed E-state index contributed by atoms with van der Waals surface area (Å²) in [5, 5.41) is 7.53. The zero-order valence-corrected chi connectivity index (χ0v) is 17.4. The van der Waals surface area contributed by atoms with Gasteiger partial charge in [0.1, 0.15) is 5.76 Å². The van der Waals surface area contributed by atoms with E-state index in [-0.39, 0.29) is 34.5 Å². The van der Waals surface area contributed by atoms with Crippen molar-refractivity contribution in [3.8, 4) is 5.75 Å². The van der Waals surface area contributed by atoms with Gasteiger partial charge in [0.2, 0.25) is 5.91 Å². The van der Waals surface area contributed by atoms with Crippen LogP contribution in [-0.4, -0.2) is 28.5 Å². The van der Waals surface area contributed by atoms with E-state index in [2.05, 4.69) is 15.6 Å². The molecule has 0 aliphatic carbocycles. The highest BCUT2D eigenvalue weighted by Crippen LogP contribution is 2.36. The Hall–Kier alpha value is -2.97. The second-order valence-electron chi connectivity index (χ2n) is 6.65. The molecule has 8 heteroatoms. The highest BCUT2D eigenvalue weighted by molar-refractivity contribution is 8.03. The van der Waals surface area contributed by atoms with Crippen molar-refractivity contribution in [2.24, 2.45) is 4.99 Å². The van der Waals surface area contributed by atoms with Crippen molar-refractivity contribution in [1.29, 1.82) is 0 Å². The van der Waals surface area contributed by atoms with Gasteiger partial charge in [-0.3, -0.25) is 9.79 Å². The Balaban J connectivity index is 1.34. The Morgan fingerprint density at radius 2 is 2.07 bits per heavy atom. The Morgan fingerprint density at radius 3 is 2.87 bits per heavy atom. The molecule has 0 saturated carbocycles. The SMILES string of the molecule is O=C(Cc1ccccc1)NC(=S)Nc1ccc(OC2=CC=NC3C=CSC23)c(F)c1. The van der Waals surface area contributed by atoms with Gasteiger partial charge in [-0.1, -0.05) is 36.4 Å². The number of allylic oxidation sites excluding steroid dienone is 1. The van der Waals surface area contributed by atoms with Crippen LogP contribution < -0.4 is 15.4 Å². The maximum Gasteiger partial charge on any atom is 0.230 e. The number of thiocarbonyl (C=S) groups is 1. The topological polar surface area (TPSA) is 62.7 Å². The molecule has 2 N–H and O–H groups in total. The van der Waals surface area contributed by atoms with Crippen LogP contribution in [0.1, 0.15) is 5.56 Å². The number of hydrogen-bond donors (Lipinski definition) is 2. The normalized spacial score (nSPS) is 19.0. The molecule has 152 valence electrons. The van der Waals surface area contributed by atoms with E-state index in [1.807, 2.05) is 41.8 Å². The molecule has 30 heavy (non-hydrogen) atoms. The lowest BCUT2D eigenvalue weighted by molar-refractivity contribution is -0.119.